The molecule has 34 heavy (non-hydrogen) atoms. The van der Waals surface area contributed by atoms with Gasteiger partial charge in [0.1, 0.15) is 24.0 Å². The van der Waals surface area contributed by atoms with E-state index in [-0.39, 0.29) is 17.2 Å². The molecule has 0 aliphatic rings. The topological polar surface area (TPSA) is 80.6 Å². The number of anilines is 1. The summed E-state index contributed by atoms with van der Waals surface area (Å²) in [6, 6.07) is 17.0. The van der Waals surface area contributed by atoms with E-state index < -0.39 is 5.91 Å². The zero-order chi connectivity index (χ0) is 24.7. The lowest BCUT2D eigenvalue weighted by molar-refractivity contribution is -0.112. The Morgan fingerprint density at radius 3 is 2.32 bits per heavy atom. The number of ether oxygens (including phenoxy) is 3. The summed E-state index contributed by atoms with van der Waals surface area (Å²) in [5.41, 5.74) is 1.69. The second kappa shape index (κ2) is 11.7. The second-order valence-electron chi connectivity index (χ2n) is 6.92. The lowest BCUT2D eigenvalue weighted by Gasteiger charge is -2.14. The van der Waals surface area contributed by atoms with Crippen molar-refractivity contribution in [2.45, 2.75) is 6.61 Å². The first-order valence-electron chi connectivity index (χ1n) is 9.86. The summed E-state index contributed by atoms with van der Waals surface area (Å²) < 4.78 is 16.3. The molecule has 0 bridgehead atoms. The van der Waals surface area contributed by atoms with Crippen molar-refractivity contribution in [2.75, 3.05) is 19.5 Å². The maximum Gasteiger partial charge on any atom is 0.266 e. The SMILES string of the molecule is COc1ccc(NC(=O)/C(C#N)=C\c2cc(Cl)c(OCc3ccc(Cl)c(Cl)c3)c(OC)c2)cc1. The number of benzene rings is 3. The van der Waals surface area contributed by atoms with Gasteiger partial charge in [0.25, 0.3) is 5.91 Å². The van der Waals surface area contributed by atoms with Gasteiger partial charge in [-0.2, -0.15) is 5.26 Å². The van der Waals surface area contributed by atoms with Crippen molar-refractivity contribution < 1.29 is 19.0 Å². The zero-order valence-corrected chi connectivity index (χ0v) is 20.5. The smallest absolute Gasteiger partial charge is 0.266 e. The molecule has 0 aliphatic heterocycles. The van der Waals surface area contributed by atoms with Crippen molar-refractivity contribution in [2.24, 2.45) is 0 Å². The van der Waals surface area contributed by atoms with Gasteiger partial charge in [0.05, 0.1) is 29.3 Å². The fraction of sp³-hybridized carbons (Fsp3) is 0.120. The summed E-state index contributed by atoms with van der Waals surface area (Å²) in [5, 5.41) is 13.3. The van der Waals surface area contributed by atoms with Crippen LogP contribution >= 0.6 is 34.8 Å². The maximum atomic E-state index is 12.6. The average molecular weight is 518 g/mol. The fourth-order valence-electron chi connectivity index (χ4n) is 2.94. The number of nitriles is 1. The molecule has 0 atom stereocenters. The molecule has 0 radical (unpaired) electrons. The van der Waals surface area contributed by atoms with Crippen LogP contribution in [0.15, 0.2) is 60.2 Å². The molecule has 0 saturated carbocycles. The number of nitrogens with zero attached hydrogens (tertiary/aromatic N) is 1. The van der Waals surface area contributed by atoms with Crippen LogP contribution in [0.2, 0.25) is 15.1 Å². The van der Waals surface area contributed by atoms with Crippen LogP contribution in [-0.2, 0) is 11.4 Å². The van der Waals surface area contributed by atoms with Crippen LogP contribution in [0.3, 0.4) is 0 Å². The molecule has 3 aromatic rings. The molecule has 0 heterocycles. The quantitative estimate of drug-likeness (QED) is 0.263. The van der Waals surface area contributed by atoms with Crippen LogP contribution in [0.25, 0.3) is 6.08 Å². The molecular formula is C25H19Cl3N2O4. The minimum absolute atomic E-state index is 0.113. The van der Waals surface area contributed by atoms with E-state index in [1.54, 1.807) is 61.7 Å². The van der Waals surface area contributed by atoms with E-state index >= 15 is 0 Å². The first kappa shape index (κ1) is 25.3. The lowest BCUT2D eigenvalue weighted by atomic mass is 10.1. The molecule has 0 spiro atoms. The summed E-state index contributed by atoms with van der Waals surface area (Å²) >= 11 is 18.4. The van der Waals surface area contributed by atoms with E-state index in [1.165, 1.54) is 13.2 Å². The van der Waals surface area contributed by atoms with E-state index in [0.29, 0.717) is 38.5 Å². The molecule has 0 aliphatic carbocycles. The number of rotatable bonds is 8. The summed E-state index contributed by atoms with van der Waals surface area (Å²) in [6.07, 6.45) is 1.41. The van der Waals surface area contributed by atoms with Gasteiger partial charge in [-0.25, -0.2) is 0 Å². The summed E-state index contributed by atoms with van der Waals surface area (Å²) in [7, 11) is 3.01. The Hall–Kier alpha value is -3.37. The minimum Gasteiger partial charge on any atom is -0.497 e. The van der Waals surface area contributed by atoms with Gasteiger partial charge in [0.2, 0.25) is 0 Å². The molecule has 6 nitrogen and oxygen atoms in total. The zero-order valence-electron chi connectivity index (χ0n) is 18.2. The van der Waals surface area contributed by atoms with Crippen LogP contribution < -0.4 is 19.5 Å². The standard InChI is InChI=1S/C25H19Cl3N2O4/c1-32-19-6-4-18(5-7-19)30-25(31)17(13-29)9-16-11-22(28)24(23(12-16)33-2)34-14-15-3-8-20(26)21(27)10-15/h3-12H,14H2,1-2H3,(H,30,31)/b17-9-. The van der Waals surface area contributed by atoms with Gasteiger partial charge in [-0.15, -0.1) is 0 Å². The van der Waals surface area contributed by atoms with Crippen LogP contribution in [0.1, 0.15) is 11.1 Å². The van der Waals surface area contributed by atoms with Crippen molar-refractivity contribution >= 4 is 52.5 Å². The average Bonchev–Trinajstić information content (AvgIpc) is 2.84. The molecule has 3 aromatic carbocycles. The lowest BCUT2D eigenvalue weighted by Crippen LogP contribution is -2.13. The van der Waals surface area contributed by atoms with Gasteiger partial charge in [0, 0.05) is 5.69 Å². The molecule has 0 unspecified atom stereocenters. The molecule has 0 fully saturated rings. The number of hydrogen-bond donors (Lipinski definition) is 1. The Labute approximate surface area is 212 Å². The van der Waals surface area contributed by atoms with E-state index in [4.69, 9.17) is 49.0 Å². The van der Waals surface area contributed by atoms with Gasteiger partial charge in [0.15, 0.2) is 11.5 Å². The highest BCUT2D eigenvalue weighted by molar-refractivity contribution is 6.42. The Morgan fingerprint density at radius 2 is 1.71 bits per heavy atom. The highest BCUT2D eigenvalue weighted by Gasteiger charge is 2.15. The Morgan fingerprint density at radius 1 is 0.971 bits per heavy atom. The van der Waals surface area contributed by atoms with E-state index in [1.807, 2.05) is 6.07 Å². The van der Waals surface area contributed by atoms with Crippen LogP contribution in [0, 0.1) is 11.3 Å². The largest absolute Gasteiger partial charge is 0.497 e. The number of methoxy groups -OCH3 is 2. The fourth-order valence-corrected chi connectivity index (χ4v) is 3.53. The van der Waals surface area contributed by atoms with E-state index in [0.717, 1.165) is 5.56 Å². The molecule has 0 aromatic heterocycles. The van der Waals surface area contributed by atoms with Crippen molar-refractivity contribution in [3.63, 3.8) is 0 Å². The van der Waals surface area contributed by atoms with Gasteiger partial charge >= 0.3 is 0 Å². The molecule has 3 rings (SSSR count). The van der Waals surface area contributed by atoms with Crippen molar-refractivity contribution in [3.05, 3.63) is 86.4 Å². The van der Waals surface area contributed by atoms with Crippen LogP contribution in [-0.4, -0.2) is 20.1 Å². The normalized spacial score (nSPS) is 10.9. The Kier molecular flexibility index (Phi) is 8.67. The van der Waals surface area contributed by atoms with E-state index in [9.17, 15) is 10.1 Å². The summed E-state index contributed by atoms with van der Waals surface area (Å²) in [4.78, 5) is 12.6. The molecule has 1 N–H and O–H groups in total. The van der Waals surface area contributed by atoms with Gasteiger partial charge in [-0.3, -0.25) is 4.79 Å². The number of amides is 1. The molecule has 9 heteroatoms. The Balaban J connectivity index is 1.79. The molecule has 174 valence electrons. The number of carbonyl (C=O) groups is 1. The first-order valence-corrected chi connectivity index (χ1v) is 11.0. The van der Waals surface area contributed by atoms with Gasteiger partial charge in [-0.05, 0) is 65.7 Å². The number of nitrogens with one attached hydrogen (secondary N) is 1. The number of carbonyl (C=O) groups excluding carboxylic acids is 1. The number of hydrogen-bond acceptors (Lipinski definition) is 5. The monoisotopic (exact) mass is 516 g/mol. The van der Waals surface area contributed by atoms with Gasteiger partial charge < -0.3 is 19.5 Å². The molecule has 1 amide bonds. The van der Waals surface area contributed by atoms with Crippen molar-refractivity contribution in [3.8, 4) is 23.3 Å². The van der Waals surface area contributed by atoms with Crippen molar-refractivity contribution in [1.82, 2.24) is 0 Å². The van der Waals surface area contributed by atoms with Crippen LogP contribution in [0.5, 0.6) is 17.2 Å². The molecular weight excluding hydrogens is 499 g/mol. The minimum atomic E-state index is -0.567. The third-order valence-electron chi connectivity index (χ3n) is 4.64. The Bertz CT molecular complexity index is 1270. The predicted molar refractivity (Wildman–Crippen MR) is 134 cm³/mol. The van der Waals surface area contributed by atoms with Crippen molar-refractivity contribution in [1.29, 1.82) is 5.26 Å². The first-order chi connectivity index (χ1) is 16.3. The van der Waals surface area contributed by atoms with Crippen LogP contribution in [0.4, 0.5) is 5.69 Å². The summed E-state index contributed by atoms with van der Waals surface area (Å²) in [5.74, 6) is 0.736. The highest BCUT2D eigenvalue weighted by atomic mass is 35.5. The third kappa shape index (κ3) is 6.36. The highest BCUT2D eigenvalue weighted by Crippen LogP contribution is 2.38. The van der Waals surface area contributed by atoms with E-state index in [2.05, 4.69) is 5.32 Å². The predicted octanol–water partition coefficient (Wildman–Crippen LogP) is 6.79. The van der Waals surface area contributed by atoms with Gasteiger partial charge in [-0.1, -0.05) is 40.9 Å². The summed E-state index contributed by atoms with van der Waals surface area (Å²) in [6.45, 7) is 0.176. The maximum absolute atomic E-state index is 12.6. The second-order valence-corrected chi connectivity index (χ2v) is 8.15. The number of halogens is 3. The molecule has 0 saturated heterocycles. The third-order valence-corrected chi connectivity index (χ3v) is 5.66.